The van der Waals surface area contributed by atoms with Crippen molar-refractivity contribution in [2.75, 3.05) is 18.2 Å². The van der Waals surface area contributed by atoms with Crippen molar-refractivity contribution in [2.24, 2.45) is 0 Å². The molecule has 2 aromatic heterocycles. The number of para-hydroxylation sites is 2. The van der Waals surface area contributed by atoms with Gasteiger partial charge in [0.05, 0.1) is 18.6 Å². The molecular formula is C26H21N3O4S. The number of hydrogen-bond acceptors (Lipinski definition) is 6. The van der Waals surface area contributed by atoms with E-state index in [1.54, 1.807) is 31.4 Å². The van der Waals surface area contributed by atoms with E-state index >= 15 is 0 Å². The first kappa shape index (κ1) is 21.8. The van der Waals surface area contributed by atoms with Gasteiger partial charge in [0.25, 0.3) is 0 Å². The van der Waals surface area contributed by atoms with E-state index < -0.39 is 0 Å². The minimum Gasteiger partial charge on any atom is -0.497 e. The van der Waals surface area contributed by atoms with Crippen LogP contribution in [0.1, 0.15) is 5.56 Å². The third-order valence-electron chi connectivity index (χ3n) is 5.41. The Morgan fingerprint density at radius 2 is 1.88 bits per heavy atom. The quantitative estimate of drug-likeness (QED) is 0.271. The van der Waals surface area contributed by atoms with Crippen LogP contribution >= 0.6 is 11.8 Å². The van der Waals surface area contributed by atoms with Gasteiger partial charge in [-0.2, -0.15) is 0 Å². The summed E-state index contributed by atoms with van der Waals surface area (Å²) in [7, 11) is 1.57. The van der Waals surface area contributed by atoms with E-state index in [1.165, 1.54) is 16.3 Å². The Balaban J connectivity index is 1.55. The third-order valence-corrected chi connectivity index (χ3v) is 6.35. The average molecular weight is 472 g/mol. The number of hydrogen-bond donors (Lipinski definition) is 1. The summed E-state index contributed by atoms with van der Waals surface area (Å²) in [5.41, 5.74) is 3.19. The molecular weight excluding hydrogens is 450 g/mol. The summed E-state index contributed by atoms with van der Waals surface area (Å²) in [5, 5.41) is 4.03. The molecule has 5 aromatic rings. The largest absolute Gasteiger partial charge is 0.497 e. The lowest BCUT2D eigenvalue weighted by atomic mass is 10.2. The van der Waals surface area contributed by atoms with Crippen molar-refractivity contribution in [3.05, 3.63) is 88.7 Å². The predicted octanol–water partition coefficient (Wildman–Crippen LogP) is 5.18. The van der Waals surface area contributed by atoms with Crippen LogP contribution in [-0.4, -0.2) is 28.3 Å². The molecule has 170 valence electrons. The van der Waals surface area contributed by atoms with E-state index in [2.05, 4.69) is 5.32 Å². The summed E-state index contributed by atoms with van der Waals surface area (Å²) in [6.45, 7) is 1.93. The number of rotatable bonds is 6. The molecule has 1 amide bonds. The number of thioether (sulfide) groups is 1. The fourth-order valence-corrected chi connectivity index (χ4v) is 4.57. The van der Waals surface area contributed by atoms with E-state index in [9.17, 15) is 9.59 Å². The number of nitrogens with one attached hydrogen (secondary N) is 1. The number of benzene rings is 3. The Hall–Kier alpha value is -4.04. The molecule has 7 nitrogen and oxygen atoms in total. The minimum atomic E-state index is -0.314. The van der Waals surface area contributed by atoms with Crippen molar-refractivity contribution in [3.8, 4) is 11.4 Å². The van der Waals surface area contributed by atoms with E-state index in [0.717, 1.165) is 10.9 Å². The van der Waals surface area contributed by atoms with Crippen LogP contribution in [0.3, 0.4) is 0 Å². The Bertz CT molecular complexity index is 1590. The highest BCUT2D eigenvalue weighted by molar-refractivity contribution is 7.99. The van der Waals surface area contributed by atoms with E-state index in [1.807, 2.05) is 55.5 Å². The fraction of sp³-hybridized carbons (Fsp3) is 0.115. The number of anilines is 1. The molecule has 0 radical (unpaired) electrons. The minimum absolute atomic E-state index is 0.0663. The lowest BCUT2D eigenvalue weighted by molar-refractivity contribution is -0.113. The molecule has 8 heteroatoms. The number of nitrogens with zero attached hydrogens (tertiary/aromatic N) is 2. The van der Waals surface area contributed by atoms with Gasteiger partial charge in [0.2, 0.25) is 11.5 Å². The molecule has 0 aliphatic carbocycles. The first-order valence-corrected chi connectivity index (χ1v) is 11.6. The molecule has 0 saturated heterocycles. The number of aromatic nitrogens is 2. The third kappa shape index (κ3) is 4.04. The Morgan fingerprint density at radius 1 is 1.09 bits per heavy atom. The highest BCUT2D eigenvalue weighted by Crippen LogP contribution is 2.29. The highest BCUT2D eigenvalue weighted by Gasteiger charge is 2.20. The van der Waals surface area contributed by atoms with Crippen molar-refractivity contribution >= 4 is 45.4 Å². The van der Waals surface area contributed by atoms with Crippen molar-refractivity contribution in [1.82, 2.24) is 9.55 Å². The Morgan fingerprint density at radius 3 is 2.71 bits per heavy atom. The van der Waals surface area contributed by atoms with E-state index in [0.29, 0.717) is 33.4 Å². The first-order chi connectivity index (χ1) is 16.5. The molecule has 0 atom stereocenters. The van der Waals surface area contributed by atoms with E-state index in [4.69, 9.17) is 14.1 Å². The number of carbonyl (C=O) groups excluding carboxylic acids is 1. The molecule has 1 N–H and O–H groups in total. The summed E-state index contributed by atoms with van der Waals surface area (Å²) >= 11 is 1.20. The SMILES string of the molecule is COc1cccc(NC(=O)CSc2nc3c(oc4ccccc43)c(=O)n2-c2ccccc2C)c1. The number of furan rings is 1. The zero-order chi connectivity index (χ0) is 23.7. The van der Waals surface area contributed by atoms with Crippen LogP contribution in [0.5, 0.6) is 5.75 Å². The summed E-state index contributed by atoms with van der Waals surface area (Å²) in [6, 6.07) is 22.1. The van der Waals surface area contributed by atoms with Gasteiger partial charge >= 0.3 is 5.56 Å². The van der Waals surface area contributed by atoms with Crippen molar-refractivity contribution in [3.63, 3.8) is 0 Å². The van der Waals surface area contributed by atoms with Gasteiger partial charge in [-0.1, -0.05) is 48.2 Å². The maximum absolute atomic E-state index is 13.6. The molecule has 5 rings (SSSR count). The van der Waals surface area contributed by atoms with Crippen LogP contribution in [0, 0.1) is 6.92 Å². The number of carbonyl (C=O) groups is 1. The molecule has 0 unspecified atom stereocenters. The lowest BCUT2D eigenvalue weighted by Gasteiger charge is -2.14. The molecule has 2 heterocycles. The van der Waals surface area contributed by atoms with Gasteiger partial charge in [-0.3, -0.25) is 14.2 Å². The van der Waals surface area contributed by atoms with Gasteiger partial charge in [0.15, 0.2) is 5.16 Å². The Labute approximate surface area is 199 Å². The zero-order valence-corrected chi connectivity index (χ0v) is 19.4. The summed E-state index contributed by atoms with van der Waals surface area (Å²) in [5.74, 6) is 0.496. The van der Waals surface area contributed by atoms with Gasteiger partial charge in [-0.25, -0.2) is 4.98 Å². The number of amides is 1. The number of fused-ring (bicyclic) bond motifs is 3. The molecule has 0 spiro atoms. The monoisotopic (exact) mass is 471 g/mol. The average Bonchev–Trinajstić information content (AvgIpc) is 3.23. The van der Waals surface area contributed by atoms with Gasteiger partial charge < -0.3 is 14.5 Å². The maximum Gasteiger partial charge on any atom is 0.302 e. The topological polar surface area (TPSA) is 86.4 Å². The Kier molecular flexibility index (Phi) is 5.81. The van der Waals surface area contributed by atoms with Gasteiger partial charge in [-0.05, 0) is 42.8 Å². The summed E-state index contributed by atoms with van der Waals surface area (Å²) in [6.07, 6.45) is 0. The zero-order valence-electron chi connectivity index (χ0n) is 18.6. The second-order valence-electron chi connectivity index (χ2n) is 7.67. The van der Waals surface area contributed by atoms with Crippen LogP contribution in [0.2, 0.25) is 0 Å². The van der Waals surface area contributed by atoms with Crippen LogP contribution in [0.4, 0.5) is 5.69 Å². The van der Waals surface area contributed by atoms with Gasteiger partial charge in [0, 0.05) is 17.1 Å². The highest BCUT2D eigenvalue weighted by atomic mass is 32.2. The molecule has 0 fully saturated rings. The van der Waals surface area contributed by atoms with Gasteiger partial charge in [0.1, 0.15) is 16.8 Å². The maximum atomic E-state index is 13.6. The van der Waals surface area contributed by atoms with Crippen LogP contribution in [0.25, 0.3) is 27.8 Å². The van der Waals surface area contributed by atoms with Crippen molar-refractivity contribution in [2.45, 2.75) is 12.1 Å². The van der Waals surface area contributed by atoms with Crippen LogP contribution in [-0.2, 0) is 4.79 Å². The molecule has 0 saturated carbocycles. The fourth-order valence-electron chi connectivity index (χ4n) is 3.77. The lowest BCUT2D eigenvalue weighted by Crippen LogP contribution is -2.23. The standard InChI is InChI=1S/C26H21N3O4S/c1-16-8-3-5-12-20(16)29-25(31)24-23(19-11-4-6-13-21(19)33-24)28-26(29)34-15-22(30)27-17-9-7-10-18(14-17)32-2/h3-14H,15H2,1-2H3,(H,27,30). The van der Waals surface area contributed by atoms with Crippen LogP contribution < -0.4 is 15.6 Å². The number of methoxy groups -OCH3 is 1. The van der Waals surface area contributed by atoms with E-state index in [-0.39, 0.29) is 22.8 Å². The second-order valence-corrected chi connectivity index (χ2v) is 8.61. The van der Waals surface area contributed by atoms with Gasteiger partial charge in [-0.15, -0.1) is 0 Å². The van der Waals surface area contributed by atoms with Crippen molar-refractivity contribution in [1.29, 1.82) is 0 Å². The molecule has 0 aliphatic heterocycles. The van der Waals surface area contributed by atoms with Crippen LogP contribution in [0.15, 0.2) is 87.2 Å². The van der Waals surface area contributed by atoms with Crippen molar-refractivity contribution < 1.29 is 13.9 Å². The summed E-state index contributed by atoms with van der Waals surface area (Å²) in [4.78, 5) is 31.1. The predicted molar refractivity (Wildman–Crippen MR) is 134 cm³/mol. The first-order valence-electron chi connectivity index (χ1n) is 10.6. The molecule has 0 aliphatic rings. The number of ether oxygens (including phenoxy) is 1. The molecule has 34 heavy (non-hydrogen) atoms. The second kappa shape index (κ2) is 9.07. The normalized spacial score (nSPS) is 11.1. The number of aryl methyl sites for hydroxylation is 1. The summed E-state index contributed by atoms with van der Waals surface area (Å²) < 4.78 is 12.6. The molecule has 3 aromatic carbocycles. The smallest absolute Gasteiger partial charge is 0.302 e. The molecule has 0 bridgehead atoms.